The maximum atomic E-state index is 13.9. The Bertz CT molecular complexity index is 1230. The minimum absolute atomic E-state index is 0.0590. The lowest BCUT2D eigenvalue weighted by Gasteiger charge is -2.56. The van der Waals surface area contributed by atoms with Gasteiger partial charge in [-0.3, -0.25) is 24.0 Å². The molecule has 4 N–H and O–H groups in total. The smallest absolute Gasteiger partial charge is 0.309 e. The fraction of sp³-hybridized carbons (Fsp3) is 0.607. The van der Waals surface area contributed by atoms with Gasteiger partial charge in [0.25, 0.3) is 0 Å². The van der Waals surface area contributed by atoms with Gasteiger partial charge in [0.15, 0.2) is 23.2 Å². The minimum atomic E-state index is -1.91. The normalized spacial score (nSPS) is 25.5. The van der Waals surface area contributed by atoms with Gasteiger partial charge in [0.1, 0.15) is 18.7 Å². The van der Waals surface area contributed by atoms with Crippen LogP contribution in [0.5, 0.6) is 5.75 Å². The van der Waals surface area contributed by atoms with Crippen molar-refractivity contribution in [1.82, 2.24) is 16.0 Å². The number of halogens is 4. The van der Waals surface area contributed by atoms with Gasteiger partial charge in [-0.25, -0.2) is 8.78 Å². The monoisotopic (exact) mass is 599 g/mol. The number of carbonyl (C=O) groups excluding carboxylic acids is 4. The van der Waals surface area contributed by atoms with Crippen LogP contribution in [0.3, 0.4) is 0 Å². The molecule has 0 aliphatic heterocycles. The lowest BCUT2D eigenvalue weighted by Crippen LogP contribution is -2.63. The van der Waals surface area contributed by atoms with E-state index in [-0.39, 0.29) is 6.07 Å². The highest BCUT2D eigenvalue weighted by atomic mass is 19.2. The number of hydrogen-bond acceptors (Lipinski definition) is 6. The van der Waals surface area contributed by atoms with Crippen LogP contribution >= 0.6 is 0 Å². The van der Waals surface area contributed by atoms with E-state index in [9.17, 15) is 46.6 Å². The summed E-state index contributed by atoms with van der Waals surface area (Å²) in [5.41, 5.74) is -0.457. The van der Waals surface area contributed by atoms with E-state index >= 15 is 0 Å². The summed E-state index contributed by atoms with van der Waals surface area (Å²) in [6, 6.07) is -3.23. The number of carbonyl (C=O) groups is 5. The zero-order chi connectivity index (χ0) is 30.9. The van der Waals surface area contributed by atoms with Gasteiger partial charge in [-0.15, -0.1) is 0 Å². The van der Waals surface area contributed by atoms with Gasteiger partial charge in [0.05, 0.1) is 6.42 Å². The Morgan fingerprint density at radius 2 is 1.43 bits per heavy atom. The number of ketones is 1. The third-order valence-corrected chi connectivity index (χ3v) is 8.37. The summed E-state index contributed by atoms with van der Waals surface area (Å²) in [6.45, 7) is 1.84. The largest absolute Gasteiger partial charge is 0.481 e. The van der Waals surface area contributed by atoms with Crippen molar-refractivity contribution in [3.8, 4) is 5.75 Å². The van der Waals surface area contributed by atoms with Crippen LogP contribution in [0.2, 0.25) is 0 Å². The second-order valence-corrected chi connectivity index (χ2v) is 12.1. The summed E-state index contributed by atoms with van der Waals surface area (Å²) in [4.78, 5) is 62.8. The van der Waals surface area contributed by atoms with Crippen molar-refractivity contribution in [2.75, 3.05) is 6.61 Å². The molecule has 4 aliphatic rings. The fourth-order valence-corrected chi connectivity index (χ4v) is 6.91. The van der Waals surface area contributed by atoms with Crippen LogP contribution in [0.15, 0.2) is 6.07 Å². The van der Waals surface area contributed by atoms with E-state index in [1.54, 1.807) is 13.8 Å². The number of ether oxygens (including phenoxy) is 1. The van der Waals surface area contributed by atoms with Gasteiger partial charge in [-0.1, -0.05) is 13.8 Å². The highest BCUT2D eigenvalue weighted by molar-refractivity contribution is 6.35. The summed E-state index contributed by atoms with van der Waals surface area (Å²) < 4.78 is 59.2. The van der Waals surface area contributed by atoms with Crippen LogP contribution < -0.4 is 20.7 Å². The molecule has 14 heteroatoms. The molecule has 0 heterocycles. The molecule has 4 fully saturated rings. The van der Waals surface area contributed by atoms with Crippen molar-refractivity contribution in [2.24, 2.45) is 23.7 Å². The molecule has 3 amide bonds. The van der Waals surface area contributed by atoms with Crippen molar-refractivity contribution in [2.45, 2.75) is 76.4 Å². The molecular formula is C28H33F4N3O7. The minimum Gasteiger partial charge on any atom is -0.481 e. The summed E-state index contributed by atoms with van der Waals surface area (Å²) in [6.07, 6.45) is 4.78. The number of amides is 3. The third-order valence-electron chi connectivity index (χ3n) is 8.37. The molecule has 1 aromatic rings. The predicted octanol–water partition coefficient (Wildman–Crippen LogP) is 2.38. The molecule has 10 nitrogen and oxygen atoms in total. The average molecular weight is 600 g/mol. The number of nitrogens with one attached hydrogen (secondary N) is 3. The number of benzene rings is 1. The number of carboxylic acids is 1. The Balaban J connectivity index is 1.39. The SMILES string of the molecule is CC(C)[C@H](NC(=O)C(=O)NC12CC3CC(CC(C3)C1)C2)C(=O)N[C@@H](CC(=O)O)C(=O)COc1c(F)c(F)cc(F)c1F. The molecule has 2 atom stereocenters. The van der Waals surface area contributed by atoms with E-state index in [1.807, 2.05) is 0 Å². The van der Waals surface area contributed by atoms with Crippen molar-refractivity contribution < 1.29 is 51.4 Å². The number of carboxylic acid groups (broad SMARTS) is 1. The third kappa shape index (κ3) is 6.84. The number of rotatable bonds is 11. The first-order valence-corrected chi connectivity index (χ1v) is 13.8. The number of hydrogen-bond donors (Lipinski definition) is 4. The maximum Gasteiger partial charge on any atom is 0.309 e. The van der Waals surface area contributed by atoms with E-state index in [2.05, 4.69) is 20.7 Å². The Morgan fingerprint density at radius 3 is 1.90 bits per heavy atom. The van der Waals surface area contributed by atoms with Gasteiger partial charge in [-0.2, -0.15) is 8.78 Å². The highest BCUT2D eigenvalue weighted by Gasteiger charge is 2.52. The van der Waals surface area contributed by atoms with Crippen LogP contribution in [0.4, 0.5) is 17.6 Å². The molecule has 0 spiro atoms. The number of aliphatic carboxylic acids is 1. The molecule has 4 aliphatic carbocycles. The molecule has 5 rings (SSSR count). The summed E-state index contributed by atoms with van der Waals surface area (Å²) >= 11 is 0. The summed E-state index contributed by atoms with van der Waals surface area (Å²) in [5.74, 6) is -13.7. The van der Waals surface area contributed by atoms with Crippen molar-refractivity contribution in [3.05, 3.63) is 29.3 Å². The lowest BCUT2D eigenvalue weighted by atomic mass is 9.53. The van der Waals surface area contributed by atoms with E-state index in [0.29, 0.717) is 17.8 Å². The van der Waals surface area contributed by atoms with E-state index in [0.717, 1.165) is 38.5 Å². The van der Waals surface area contributed by atoms with Crippen molar-refractivity contribution in [3.63, 3.8) is 0 Å². The first kappa shape index (κ1) is 31.2. The van der Waals surface area contributed by atoms with Gasteiger partial charge in [0.2, 0.25) is 17.5 Å². The quantitative estimate of drug-likeness (QED) is 0.173. The van der Waals surface area contributed by atoms with Gasteiger partial charge >= 0.3 is 17.8 Å². The van der Waals surface area contributed by atoms with Crippen LogP contribution in [-0.4, -0.2) is 58.8 Å². The van der Waals surface area contributed by atoms with Crippen LogP contribution in [0.25, 0.3) is 0 Å². The Kier molecular flexibility index (Phi) is 9.12. The fourth-order valence-electron chi connectivity index (χ4n) is 6.91. The first-order chi connectivity index (χ1) is 19.7. The molecule has 1 aromatic carbocycles. The Morgan fingerprint density at radius 1 is 0.905 bits per heavy atom. The van der Waals surface area contributed by atoms with Crippen molar-refractivity contribution >= 4 is 29.5 Å². The van der Waals surface area contributed by atoms with Gasteiger partial charge < -0.3 is 25.8 Å². The van der Waals surface area contributed by atoms with Crippen molar-refractivity contribution in [1.29, 1.82) is 0 Å². The first-order valence-electron chi connectivity index (χ1n) is 13.8. The predicted molar refractivity (Wildman–Crippen MR) is 137 cm³/mol. The Labute approximate surface area is 238 Å². The molecule has 230 valence electrons. The van der Waals surface area contributed by atoms with Crippen LogP contribution in [0.1, 0.15) is 58.8 Å². The molecule has 4 bridgehead atoms. The van der Waals surface area contributed by atoms with E-state index < -0.39 is 95.1 Å². The molecule has 42 heavy (non-hydrogen) atoms. The summed E-state index contributed by atoms with van der Waals surface area (Å²) in [7, 11) is 0. The molecule has 0 aromatic heterocycles. The molecule has 4 saturated carbocycles. The van der Waals surface area contributed by atoms with E-state index in [4.69, 9.17) is 0 Å². The average Bonchev–Trinajstić information content (AvgIpc) is 2.88. The maximum absolute atomic E-state index is 13.9. The second-order valence-electron chi connectivity index (χ2n) is 12.1. The molecule has 0 saturated heterocycles. The Hall–Kier alpha value is -3.71. The standard InChI is InChI=1S/C28H33F4N3O7/c1-12(2)23(34-26(40)27(41)35-28-8-13-3-14(9-28)5-15(4-13)10-28)25(39)33-18(7-20(37)38)19(36)11-42-24-21(31)16(29)6-17(30)22(24)32/h6,12-15,18,23H,3-5,7-11H2,1-2H3,(H,33,39)(H,34,40)(H,35,41)(H,37,38)/t13?,14?,15?,18-,23-,28?/m0/s1. The van der Waals surface area contributed by atoms with Gasteiger partial charge in [0, 0.05) is 11.6 Å². The highest BCUT2D eigenvalue weighted by Crippen LogP contribution is 2.55. The lowest BCUT2D eigenvalue weighted by molar-refractivity contribution is -0.144. The second kappa shape index (κ2) is 12.3. The summed E-state index contributed by atoms with van der Waals surface area (Å²) in [5, 5.41) is 16.6. The zero-order valence-corrected chi connectivity index (χ0v) is 23.1. The van der Waals surface area contributed by atoms with E-state index in [1.165, 1.54) is 0 Å². The van der Waals surface area contributed by atoms with Gasteiger partial charge in [-0.05, 0) is 62.2 Å². The molecule has 0 radical (unpaired) electrons. The topological polar surface area (TPSA) is 151 Å². The van der Waals surface area contributed by atoms with Crippen LogP contribution in [0, 0.1) is 46.9 Å². The number of Topliss-reactive ketones (excluding diaryl/α,β-unsaturated/α-hetero) is 1. The molecular weight excluding hydrogens is 566 g/mol. The van der Waals surface area contributed by atoms with Crippen LogP contribution in [-0.2, 0) is 24.0 Å². The zero-order valence-electron chi connectivity index (χ0n) is 23.1. The molecule has 0 unspecified atom stereocenters.